The molecule has 18 heavy (non-hydrogen) atoms. The van der Waals surface area contributed by atoms with E-state index in [0.29, 0.717) is 29.4 Å². The van der Waals surface area contributed by atoms with Crippen LogP contribution in [0.3, 0.4) is 0 Å². The average molecular weight is 269 g/mol. The Morgan fingerprint density at radius 1 is 1.28 bits per heavy atom. The van der Waals surface area contributed by atoms with Gasteiger partial charge in [-0.25, -0.2) is 0 Å². The van der Waals surface area contributed by atoms with E-state index in [1.807, 2.05) is 33.8 Å². The van der Waals surface area contributed by atoms with Gasteiger partial charge in [-0.3, -0.25) is 4.79 Å². The molecule has 0 spiro atoms. The van der Waals surface area contributed by atoms with Crippen molar-refractivity contribution in [3.8, 4) is 5.75 Å². The first-order chi connectivity index (χ1) is 8.52. The van der Waals surface area contributed by atoms with Crippen LogP contribution in [0.5, 0.6) is 5.75 Å². The quantitative estimate of drug-likeness (QED) is 0.697. The van der Waals surface area contributed by atoms with Crippen LogP contribution in [0.2, 0.25) is 5.02 Å². The Kier molecular flexibility index (Phi) is 5.67. The standard InChI is InChI=1S/C15H21ClO2/c1-5-7-13(17)14-11(4)12(16)9-10(3)15(14)18-8-6-2/h9H,5-8H2,1-4H3. The molecule has 0 aliphatic heterocycles. The summed E-state index contributed by atoms with van der Waals surface area (Å²) < 4.78 is 5.74. The van der Waals surface area contributed by atoms with E-state index in [2.05, 4.69) is 0 Å². The fraction of sp³-hybridized carbons (Fsp3) is 0.533. The molecule has 0 amide bonds. The summed E-state index contributed by atoms with van der Waals surface area (Å²) >= 11 is 6.16. The SMILES string of the molecule is CCCOc1c(C)cc(Cl)c(C)c1C(=O)CCC. The topological polar surface area (TPSA) is 26.3 Å². The number of benzene rings is 1. The first-order valence-corrected chi connectivity index (χ1v) is 6.86. The van der Waals surface area contributed by atoms with Crippen LogP contribution in [0.4, 0.5) is 0 Å². The summed E-state index contributed by atoms with van der Waals surface area (Å²) in [5.74, 6) is 0.823. The van der Waals surface area contributed by atoms with E-state index in [1.165, 1.54) is 0 Å². The number of hydrogen-bond acceptors (Lipinski definition) is 2. The van der Waals surface area contributed by atoms with Crippen LogP contribution in [0.1, 0.15) is 54.6 Å². The Labute approximate surface area is 114 Å². The van der Waals surface area contributed by atoms with Gasteiger partial charge in [-0.1, -0.05) is 25.4 Å². The van der Waals surface area contributed by atoms with Gasteiger partial charge in [0.1, 0.15) is 5.75 Å². The minimum atomic E-state index is 0.117. The maximum absolute atomic E-state index is 12.2. The molecule has 1 aromatic rings. The van der Waals surface area contributed by atoms with Crippen molar-refractivity contribution in [2.45, 2.75) is 47.0 Å². The van der Waals surface area contributed by atoms with Gasteiger partial charge in [0.2, 0.25) is 0 Å². The third-order valence-corrected chi connectivity index (χ3v) is 3.26. The van der Waals surface area contributed by atoms with Gasteiger partial charge in [0.25, 0.3) is 0 Å². The molecule has 0 unspecified atom stereocenters. The maximum Gasteiger partial charge on any atom is 0.166 e. The largest absolute Gasteiger partial charge is 0.493 e. The molecule has 3 heteroatoms. The fourth-order valence-electron chi connectivity index (χ4n) is 1.93. The average Bonchev–Trinajstić information content (AvgIpc) is 2.32. The third-order valence-electron chi connectivity index (χ3n) is 2.87. The molecule has 1 aromatic carbocycles. The molecule has 0 N–H and O–H groups in total. The van der Waals surface area contributed by atoms with Gasteiger partial charge in [0.05, 0.1) is 12.2 Å². The highest BCUT2D eigenvalue weighted by Gasteiger charge is 2.19. The number of carbonyl (C=O) groups excluding carboxylic acids is 1. The van der Waals surface area contributed by atoms with E-state index in [9.17, 15) is 4.79 Å². The number of carbonyl (C=O) groups is 1. The lowest BCUT2D eigenvalue weighted by Crippen LogP contribution is -2.09. The minimum absolute atomic E-state index is 0.117. The van der Waals surface area contributed by atoms with E-state index in [4.69, 9.17) is 16.3 Å². The zero-order valence-corrected chi connectivity index (χ0v) is 12.4. The van der Waals surface area contributed by atoms with Crippen LogP contribution >= 0.6 is 11.6 Å². The molecule has 0 fully saturated rings. The second kappa shape index (κ2) is 6.79. The number of hydrogen-bond donors (Lipinski definition) is 0. The number of aryl methyl sites for hydroxylation is 1. The molecule has 0 saturated carbocycles. The Bertz CT molecular complexity index is 439. The van der Waals surface area contributed by atoms with Crippen molar-refractivity contribution in [2.75, 3.05) is 6.61 Å². The normalized spacial score (nSPS) is 10.5. The predicted molar refractivity (Wildman–Crippen MR) is 76.0 cm³/mol. The monoisotopic (exact) mass is 268 g/mol. The van der Waals surface area contributed by atoms with Gasteiger partial charge in [0.15, 0.2) is 5.78 Å². The molecule has 0 saturated heterocycles. The number of halogens is 1. The van der Waals surface area contributed by atoms with Crippen LogP contribution in [0, 0.1) is 13.8 Å². The van der Waals surface area contributed by atoms with Crippen molar-refractivity contribution in [1.29, 1.82) is 0 Å². The predicted octanol–water partition coefficient (Wildman–Crippen LogP) is 4.73. The van der Waals surface area contributed by atoms with Crippen molar-refractivity contribution in [3.63, 3.8) is 0 Å². The maximum atomic E-state index is 12.2. The Morgan fingerprint density at radius 2 is 1.94 bits per heavy atom. The molecule has 0 bridgehead atoms. The second-order valence-corrected chi connectivity index (χ2v) is 4.93. The molecular formula is C15H21ClO2. The van der Waals surface area contributed by atoms with Crippen LogP contribution in [0.25, 0.3) is 0 Å². The van der Waals surface area contributed by atoms with Crippen molar-refractivity contribution in [3.05, 3.63) is 27.8 Å². The number of ketones is 1. The van der Waals surface area contributed by atoms with Crippen LogP contribution in [0.15, 0.2) is 6.07 Å². The molecule has 100 valence electrons. The molecule has 0 atom stereocenters. The number of ether oxygens (including phenoxy) is 1. The smallest absolute Gasteiger partial charge is 0.166 e. The molecule has 0 heterocycles. The third kappa shape index (κ3) is 3.26. The highest BCUT2D eigenvalue weighted by Crippen LogP contribution is 2.33. The summed E-state index contributed by atoms with van der Waals surface area (Å²) in [6.45, 7) is 8.47. The summed E-state index contributed by atoms with van der Waals surface area (Å²) in [6.07, 6.45) is 2.28. The van der Waals surface area contributed by atoms with Gasteiger partial charge < -0.3 is 4.74 Å². The lowest BCUT2D eigenvalue weighted by Gasteiger charge is -2.16. The molecule has 0 aliphatic rings. The molecule has 0 aliphatic carbocycles. The van der Waals surface area contributed by atoms with E-state index in [0.717, 1.165) is 24.0 Å². The first kappa shape index (κ1) is 15.0. The second-order valence-electron chi connectivity index (χ2n) is 4.53. The van der Waals surface area contributed by atoms with E-state index >= 15 is 0 Å². The van der Waals surface area contributed by atoms with E-state index in [-0.39, 0.29) is 5.78 Å². The number of rotatable bonds is 6. The summed E-state index contributed by atoms with van der Waals surface area (Å²) in [5.41, 5.74) is 2.42. The molecule has 0 aromatic heterocycles. The zero-order chi connectivity index (χ0) is 13.7. The zero-order valence-electron chi connectivity index (χ0n) is 11.6. The first-order valence-electron chi connectivity index (χ1n) is 6.48. The molecule has 0 radical (unpaired) electrons. The van der Waals surface area contributed by atoms with Crippen LogP contribution in [-0.4, -0.2) is 12.4 Å². The Balaban J connectivity index is 3.28. The van der Waals surface area contributed by atoms with Gasteiger partial charge in [-0.15, -0.1) is 0 Å². The summed E-state index contributed by atoms with van der Waals surface area (Å²) in [7, 11) is 0. The molecule has 1 rings (SSSR count). The van der Waals surface area contributed by atoms with E-state index < -0.39 is 0 Å². The summed E-state index contributed by atoms with van der Waals surface area (Å²) in [6, 6.07) is 1.87. The van der Waals surface area contributed by atoms with Crippen molar-refractivity contribution < 1.29 is 9.53 Å². The van der Waals surface area contributed by atoms with Crippen LogP contribution in [-0.2, 0) is 0 Å². The number of Topliss-reactive ketones (excluding diaryl/α,β-unsaturated/α-hetero) is 1. The van der Waals surface area contributed by atoms with Gasteiger partial charge in [-0.05, 0) is 43.9 Å². The summed E-state index contributed by atoms with van der Waals surface area (Å²) in [4.78, 5) is 12.2. The van der Waals surface area contributed by atoms with Crippen molar-refractivity contribution >= 4 is 17.4 Å². The van der Waals surface area contributed by atoms with E-state index in [1.54, 1.807) is 0 Å². The lowest BCUT2D eigenvalue weighted by atomic mass is 9.97. The Hall–Kier alpha value is -1.02. The van der Waals surface area contributed by atoms with Crippen LogP contribution < -0.4 is 4.74 Å². The molecular weight excluding hydrogens is 248 g/mol. The summed E-state index contributed by atoms with van der Waals surface area (Å²) in [5, 5.41) is 0.635. The lowest BCUT2D eigenvalue weighted by molar-refractivity contribution is 0.0977. The minimum Gasteiger partial charge on any atom is -0.493 e. The van der Waals surface area contributed by atoms with Crippen molar-refractivity contribution in [2.24, 2.45) is 0 Å². The molecule has 2 nitrogen and oxygen atoms in total. The highest BCUT2D eigenvalue weighted by molar-refractivity contribution is 6.32. The highest BCUT2D eigenvalue weighted by atomic mass is 35.5. The fourth-order valence-corrected chi connectivity index (χ4v) is 2.19. The van der Waals surface area contributed by atoms with Gasteiger partial charge in [0, 0.05) is 11.4 Å². The van der Waals surface area contributed by atoms with Gasteiger partial charge in [-0.2, -0.15) is 0 Å². The Morgan fingerprint density at radius 3 is 2.50 bits per heavy atom. The van der Waals surface area contributed by atoms with Crippen molar-refractivity contribution in [1.82, 2.24) is 0 Å². The van der Waals surface area contributed by atoms with Gasteiger partial charge >= 0.3 is 0 Å².